The number of nitrogens with two attached hydrogens (primary N) is 1. The van der Waals surface area contributed by atoms with Crippen LogP contribution >= 0.6 is 0 Å². The predicted molar refractivity (Wildman–Crippen MR) is 93.3 cm³/mol. The molecule has 2 N–H and O–H groups in total. The van der Waals surface area contributed by atoms with Gasteiger partial charge in [-0.2, -0.15) is 0 Å². The van der Waals surface area contributed by atoms with E-state index in [4.69, 9.17) is 10.5 Å². The number of fused-ring (bicyclic) bond motifs is 1. The number of benzene rings is 2. The van der Waals surface area contributed by atoms with Gasteiger partial charge in [-0.1, -0.05) is 29.8 Å². The lowest BCUT2D eigenvalue weighted by atomic mass is 10.1. The number of nitrogens with zero attached hydrogens (tertiary/aromatic N) is 1. The van der Waals surface area contributed by atoms with Crippen LogP contribution in [0.15, 0.2) is 48.2 Å². The number of rotatable bonds is 2. The van der Waals surface area contributed by atoms with Crippen LogP contribution in [0.4, 0.5) is 11.4 Å². The molecule has 2 aromatic rings. The summed E-state index contributed by atoms with van der Waals surface area (Å²) in [5.41, 5.74) is 9.31. The second-order valence-electron chi connectivity index (χ2n) is 6.02. The molecule has 0 aromatic heterocycles. The number of anilines is 2. The Bertz CT molecular complexity index is 776. The molecule has 0 radical (unpaired) electrons. The second-order valence-corrected chi connectivity index (χ2v) is 6.02. The van der Waals surface area contributed by atoms with E-state index in [1.165, 1.54) is 5.56 Å². The Morgan fingerprint density at radius 1 is 1.13 bits per heavy atom. The zero-order valence-corrected chi connectivity index (χ0v) is 13.5. The molecule has 1 amide bonds. The molecule has 1 aliphatic rings. The third kappa shape index (κ3) is 2.93. The molecule has 3 rings (SSSR count). The fourth-order valence-electron chi connectivity index (χ4n) is 2.62. The van der Waals surface area contributed by atoms with E-state index in [0.717, 1.165) is 11.3 Å². The summed E-state index contributed by atoms with van der Waals surface area (Å²) < 4.78 is 5.83. The summed E-state index contributed by atoms with van der Waals surface area (Å²) in [6.07, 6.45) is 1.77. The maximum absolute atomic E-state index is 12.8. The van der Waals surface area contributed by atoms with Crippen LogP contribution in [-0.4, -0.2) is 11.9 Å². The van der Waals surface area contributed by atoms with Crippen LogP contribution in [0.5, 0.6) is 5.75 Å². The molecular weight excluding hydrogens is 288 g/mol. The van der Waals surface area contributed by atoms with Crippen molar-refractivity contribution in [3.63, 3.8) is 0 Å². The molecule has 1 heterocycles. The first-order chi connectivity index (χ1) is 11.0. The minimum atomic E-state index is -0.141. The van der Waals surface area contributed by atoms with E-state index in [2.05, 4.69) is 0 Å². The summed E-state index contributed by atoms with van der Waals surface area (Å²) in [5.74, 6) is 0.773. The number of carbonyl (C=O) groups excluding carboxylic acids is 1. The van der Waals surface area contributed by atoms with Crippen molar-refractivity contribution in [3.05, 3.63) is 59.4 Å². The highest BCUT2D eigenvalue weighted by Crippen LogP contribution is 2.38. The van der Waals surface area contributed by atoms with Gasteiger partial charge in [-0.3, -0.25) is 9.69 Å². The minimum absolute atomic E-state index is 0.0233. The second kappa shape index (κ2) is 5.80. The van der Waals surface area contributed by atoms with Crippen molar-refractivity contribution in [2.24, 2.45) is 0 Å². The number of nitrogen functional groups attached to an aromatic ring is 1. The summed E-state index contributed by atoms with van der Waals surface area (Å²) in [6, 6.07) is 13.3. The van der Waals surface area contributed by atoms with Gasteiger partial charge in [0.2, 0.25) is 0 Å². The SMILES string of the molecule is Cc1ccc(/C=C2/Oc3cc(N)ccc3N(C(C)C)C2=O)cc1. The van der Waals surface area contributed by atoms with Crippen LogP contribution in [0, 0.1) is 6.92 Å². The molecule has 0 bridgehead atoms. The van der Waals surface area contributed by atoms with Gasteiger partial charge in [0.25, 0.3) is 5.91 Å². The van der Waals surface area contributed by atoms with Gasteiger partial charge in [0.05, 0.1) is 5.69 Å². The van der Waals surface area contributed by atoms with E-state index in [1.54, 1.807) is 23.1 Å². The van der Waals surface area contributed by atoms with Gasteiger partial charge in [0.1, 0.15) is 0 Å². The van der Waals surface area contributed by atoms with Crippen molar-refractivity contribution in [1.82, 2.24) is 0 Å². The summed E-state index contributed by atoms with van der Waals surface area (Å²) in [6.45, 7) is 5.98. The number of amides is 1. The molecular formula is C19H20N2O2. The third-order valence-electron chi connectivity index (χ3n) is 3.78. The quantitative estimate of drug-likeness (QED) is 0.679. The minimum Gasteiger partial charge on any atom is -0.449 e. The van der Waals surface area contributed by atoms with Crippen LogP contribution in [0.25, 0.3) is 6.08 Å². The smallest absolute Gasteiger partial charge is 0.294 e. The Morgan fingerprint density at radius 2 is 1.83 bits per heavy atom. The Labute approximate surface area is 136 Å². The van der Waals surface area contributed by atoms with Gasteiger partial charge in [0, 0.05) is 17.8 Å². The van der Waals surface area contributed by atoms with E-state index < -0.39 is 0 Å². The molecule has 23 heavy (non-hydrogen) atoms. The van der Waals surface area contributed by atoms with E-state index in [1.807, 2.05) is 51.1 Å². The lowest BCUT2D eigenvalue weighted by Crippen LogP contribution is -2.42. The van der Waals surface area contributed by atoms with Crippen molar-refractivity contribution in [2.45, 2.75) is 26.8 Å². The fourth-order valence-corrected chi connectivity index (χ4v) is 2.62. The number of carbonyl (C=O) groups is 1. The molecule has 0 aliphatic carbocycles. The highest BCUT2D eigenvalue weighted by Gasteiger charge is 2.32. The molecule has 0 atom stereocenters. The van der Waals surface area contributed by atoms with Crippen molar-refractivity contribution in [3.8, 4) is 5.75 Å². The van der Waals surface area contributed by atoms with E-state index in [9.17, 15) is 4.79 Å². The average molecular weight is 308 g/mol. The lowest BCUT2D eigenvalue weighted by Gasteiger charge is -2.33. The summed E-state index contributed by atoms with van der Waals surface area (Å²) >= 11 is 0. The average Bonchev–Trinajstić information content (AvgIpc) is 2.50. The Hall–Kier alpha value is -2.75. The Balaban J connectivity index is 2.06. The maximum atomic E-state index is 12.8. The molecule has 0 saturated carbocycles. The van der Waals surface area contributed by atoms with Gasteiger partial charge in [-0.15, -0.1) is 0 Å². The van der Waals surface area contributed by atoms with E-state index in [0.29, 0.717) is 17.2 Å². The van der Waals surface area contributed by atoms with E-state index >= 15 is 0 Å². The van der Waals surface area contributed by atoms with Crippen molar-refractivity contribution < 1.29 is 9.53 Å². The van der Waals surface area contributed by atoms with Crippen molar-refractivity contribution >= 4 is 23.4 Å². The molecule has 2 aromatic carbocycles. The predicted octanol–water partition coefficient (Wildman–Crippen LogP) is 3.75. The van der Waals surface area contributed by atoms with Gasteiger partial charge in [-0.25, -0.2) is 0 Å². The summed E-state index contributed by atoms with van der Waals surface area (Å²) in [5, 5.41) is 0. The molecule has 4 heteroatoms. The number of ether oxygens (including phenoxy) is 1. The maximum Gasteiger partial charge on any atom is 0.294 e. The fraction of sp³-hybridized carbons (Fsp3) is 0.211. The monoisotopic (exact) mass is 308 g/mol. The van der Waals surface area contributed by atoms with Gasteiger partial charge in [0.15, 0.2) is 11.5 Å². The van der Waals surface area contributed by atoms with E-state index in [-0.39, 0.29) is 11.9 Å². The number of hydrogen-bond donors (Lipinski definition) is 1. The van der Waals surface area contributed by atoms with Crippen LogP contribution in [0.1, 0.15) is 25.0 Å². The topological polar surface area (TPSA) is 55.6 Å². The number of hydrogen-bond acceptors (Lipinski definition) is 3. The first kappa shape index (κ1) is 15.2. The normalized spacial score (nSPS) is 15.7. The van der Waals surface area contributed by atoms with Crippen LogP contribution < -0.4 is 15.4 Å². The van der Waals surface area contributed by atoms with Gasteiger partial charge in [-0.05, 0) is 44.5 Å². The van der Waals surface area contributed by atoms with Crippen LogP contribution in [0.2, 0.25) is 0 Å². The first-order valence-corrected chi connectivity index (χ1v) is 7.65. The third-order valence-corrected chi connectivity index (χ3v) is 3.78. The van der Waals surface area contributed by atoms with Gasteiger partial charge < -0.3 is 10.5 Å². The summed E-state index contributed by atoms with van der Waals surface area (Å²) in [7, 11) is 0. The Morgan fingerprint density at radius 3 is 2.48 bits per heavy atom. The molecule has 118 valence electrons. The highest BCUT2D eigenvalue weighted by molar-refractivity contribution is 6.10. The van der Waals surface area contributed by atoms with Crippen LogP contribution in [-0.2, 0) is 4.79 Å². The van der Waals surface area contributed by atoms with Gasteiger partial charge >= 0.3 is 0 Å². The summed E-state index contributed by atoms with van der Waals surface area (Å²) in [4.78, 5) is 14.5. The standard InChI is InChI=1S/C19H20N2O2/c1-12(2)21-16-9-8-15(20)11-17(16)23-18(19(21)22)10-14-6-4-13(3)5-7-14/h4-12H,20H2,1-3H3/b18-10+. The first-order valence-electron chi connectivity index (χ1n) is 7.65. The highest BCUT2D eigenvalue weighted by atomic mass is 16.5. The zero-order chi connectivity index (χ0) is 16.6. The molecule has 0 spiro atoms. The van der Waals surface area contributed by atoms with Crippen molar-refractivity contribution in [2.75, 3.05) is 10.6 Å². The Kier molecular flexibility index (Phi) is 3.82. The molecule has 0 fully saturated rings. The molecule has 0 unspecified atom stereocenters. The molecule has 0 saturated heterocycles. The molecule has 4 nitrogen and oxygen atoms in total. The zero-order valence-electron chi connectivity index (χ0n) is 13.5. The molecule has 1 aliphatic heterocycles. The van der Waals surface area contributed by atoms with Crippen LogP contribution in [0.3, 0.4) is 0 Å². The lowest BCUT2D eigenvalue weighted by molar-refractivity contribution is -0.117. The largest absolute Gasteiger partial charge is 0.449 e. The van der Waals surface area contributed by atoms with Crippen molar-refractivity contribution in [1.29, 1.82) is 0 Å². The number of aryl methyl sites for hydroxylation is 1.